The van der Waals surface area contributed by atoms with Crippen molar-refractivity contribution in [2.45, 2.75) is 44.7 Å². The Hall–Kier alpha value is -0.950. The van der Waals surface area contributed by atoms with Gasteiger partial charge in [0.05, 0.1) is 0 Å². The molecule has 0 aromatic carbocycles. The number of carboxylic acids is 1. The highest BCUT2D eigenvalue weighted by molar-refractivity contribution is 7.98. The standard InChI is InChI=1S/C14H27N3O3S/c1-11(17-7-4-3-5-8-17)10-15-14(20)16-12(13(18)19)6-9-21-2/h11-12H,3-10H2,1-2H3,(H,18,19)(H2,15,16,20)/t11?,12-/m0/s1. The summed E-state index contributed by atoms with van der Waals surface area (Å²) in [6.07, 6.45) is 6.07. The first-order valence-electron chi connectivity index (χ1n) is 7.54. The van der Waals surface area contributed by atoms with E-state index in [1.165, 1.54) is 19.3 Å². The van der Waals surface area contributed by atoms with E-state index in [9.17, 15) is 9.59 Å². The van der Waals surface area contributed by atoms with Crippen molar-refractivity contribution in [2.75, 3.05) is 31.6 Å². The third kappa shape index (κ3) is 7.04. The minimum atomic E-state index is -0.983. The summed E-state index contributed by atoms with van der Waals surface area (Å²) >= 11 is 1.57. The van der Waals surface area contributed by atoms with E-state index in [0.717, 1.165) is 13.1 Å². The Kier molecular flexibility index (Phi) is 8.52. The molecule has 0 aliphatic carbocycles. The predicted molar refractivity (Wildman–Crippen MR) is 85.8 cm³/mol. The summed E-state index contributed by atoms with van der Waals surface area (Å²) in [5.41, 5.74) is 0. The smallest absolute Gasteiger partial charge is 0.326 e. The molecule has 0 spiro atoms. The third-order valence-corrected chi connectivity index (χ3v) is 4.43. The van der Waals surface area contributed by atoms with Crippen LogP contribution in [0.2, 0.25) is 0 Å². The van der Waals surface area contributed by atoms with Crippen LogP contribution in [0.25, 0.3) is 0 Å². The Morgan fingerprint density at radius 3 is 2.52 bits per heavy atom. The van der Waals surface area contributed by atoms with Gasteiger partial charge in [-0.05, 0) is 51.3 Å². The summed E-state index contributed by atoms with van der Waals surface area (Å²) < 4.78 is 0. The summed E-state index contributed by atoms with van der Waals surface area (Å²) in [7, 11) is 0. The molecule has 1 rings (SSSR count). The number of nitrogens with one attached hydrogen (secondary N) is 2. The van der Waals surface area contributed by atoms with Gasteiger partial charge in [-0.15, -0.1) is 0 Å². The number of thioether (sulfide) groups is 1. The van der Waals surface area contributed by atoms with Crippen LogP contribution < -0.4 is 10.6 Å². The number of piperidine rings is 1. The van der Waals surface area contributed by atoms with Crippen LogP contribution in [-0.2, 0) is 4.79 Å². The minimum absolute atomic E-state index is 0.283. The van der Waals surface area contributed by atoms with Gasteiger partial charge in [-0.2, -0.15) is 11.8 Å². The summed E-state index contributed by atoms with van der Waals surface area (Å²) in [6, 6.07) is -0.930. The second kappa shape index (κ2) is 9.89. The molecular formula is C14H27N3O3S. The van der Waals surface area contributed by atoms with E-state index >= 15 is 0 Å². The van der Waals surface area contributed by atoms with E-state index in [-0.39, 0.29) is 6.04 Å². The zero-order valence-corrected chi connectivity index (χ0v) is 13.7. The molecule has 2 atom stereocenters. The molecule has 0 saturated carbocycles. The van der Waals surface area contributed by atoms with E-state index in [1.807, 2.05) is 6.26 Å². The number of hydrogen-bond acceptors (Lipinski definition) is 4. The molecule has 1 aliphatic heterocycles. The molecule has 1 fully saturated rings. The number of hydrogen-bond donors (Lipinski definition) is 3. The fourth-order valence-electron chi connectivity index (χ4n) is 2.43. The van der Waals surface area contributed by atoms with Crippen LogP contribution in [0.5, 0.6) is 0 Å². The number of nitrogens with zero attached hydrogens (tertiary/aromatic N) is 1. The molecule has 122 valence electrons. The van der Waals surface area contributed by atoms with Crippen LogP contribution in [0.3, 0.4) is 0 Å². The largest absolute Gasteiger partial charge is 0.480 e. The zero-order valence-electron chi connectivity index (χ0n) is 12.9. The molecule has 0 radical (unpaired) electrons. The lowest BCUT2D eigenvalue weighted by Crippen LogP contribution is -2.50. The van der Waals surface area contributed by atoms with Crippen molar-refractivity contribution in [3.63, 3.8) is 0 Å². The van der Waals surface area contributed by atoms with Crippen molar-refractivity contribution < 1.29 is 14.7 Å². The van der Waals surface area contributed by atoms with E-state index in [0.29, 0.717) is 18.7 Å². The van der Waals surface area contributed by atoms with Gasteiger partial charge in [-0.25, -0.2) is 9.59 Å². The lowest BCUT2D eigenvalue weighted by Gasteiger charge is -2.32. The maximum absolute atomic E-state index is 11.8. The fourth-order valence-corrected chi connectivity index (χ4v) is 2.90. The van der Waals surface area contributed by atoms with Crippen molar-refractivity contribution in [3.8, 4) is 0 Å². The van der Waals surface area contributed by atoms with Crippen LogP contribution in [0, 0.1) is 0 Å². The average molecular weight is 317 g/mol. The number of carbonyl (C=O) groups is 2. The lowest BCUT2D eigenvalue weighted by atomic mass is 10.1. The van der Waals surface area contributed by atoms with Crippen molar-refractivity contribution in [1.29, 1.82) is 0 Å². The number of carbonyl (C=O) groups excluding carboxylic acids is 1. The summed E-state index contributed by atoms with van der Waals surface area (Å²) in [5.74, 6) is -0.273. The maximum Gasteiger partial charge on any atom is 0.326 e. The second-order valence-electron chi connectivity index (χ2n) is 5.47. The first-order chi connectivity index (χ1) is 10.0. The summed E-state index contributed by atoms with van der Waals surface area (Å²) in [6.45, 7) is 4.79. The second-order valence-corrected chi connectivity index (χ2v) is 6.46. The molecular weight excluding hydrogens is 290 g/mol. The fraction of sp³-hybridized carbons (Fsp3) is 0.857. The highest BCUT2D eigenvalue weighted by Gasteiger charge is 2.21. The number of aliphatic carboxylic acids is 1. The first kappa shape index (κ1) is 18.1. The van der Waals surface area contributed by atoms with Gasteiger partial charge in [-0.3, -0.25) is 4.90 Å². The van der Waals surface area contributed by atoms with Gasteiger partial charge < -0.3 is 15.7 Å². The monoisotopic (exact) mass is 317 g/mol. The van der Waals surface area contributed by atoms with Crippen molar-refractivity contribution in [1.82, 2.24) is 15.5 Å². The topological polar surface area (TPSA) is 81.7 Å². The molecule has 7 heteroatoms. The van der Waals surface area contributed by atoms with Gasteiger partial charge in [0.15, 0.2) is 0 Å². The van der Waals surface area contributed by atoms with E-state index in [2.05, 4.69) is 22.5 Å². The molecule has 0 aromatic rings. The normalized spacial score (nSPS) is 18.8. The lowest BCUT2D eigenvalue weighted by molar-refractivity contribution is -0.139. The number of rotatable bonds is 8. The van der Waals surface area contributed by atoms with Gasteiger partial charge in [0.25, 0.3) is 0 Å². The summed E-state index contributed by atoms with van der Waals surface area (Å²) in [4.78, 5) is 25.2. The maximum atomic E-state index is 11.8. The Morgan fingerprint density at radius 1 is 1.29 bits per heavy atom. The van der Waals surface area contributed by atoms with Gasteiger partial charge in [0.2, 0.25) is 0 Å². The van der Waals surface area contributed by atoms with Crippen molar-refractivity contribution >= 4 is 23.8 Å². The Bertz CT molecular complexity index is 335. The Morgan fingerprint density at radius 2 is 1.95 bits per heavy atom. The van der Waals surface area contributed by atoms with Crippen LogP contribution in [0.4, 0.5) is 4.79 Å². The summed E-state index contributed by atoms with van der Waals surface area (Å²) in [5, 5.41) is 14.4. The molecule has 1 aliphatic rings. The highest BCUT2D eigenvalue weighted by Crippen LogP contribution is 2.11. The first-order valence-corrected chi connectivity index (χ1v) is 8.94. The van der Waals surface area contributed by atoms with Crippen LogP contribution in [0.15, 0.2) is 0 Å². The highest BCUT2D eigenvalue weighted by atomic mass is 32.2. The molecule has 6 nitrogen and oxygen atoms in total. The number of carboxylic acid groups (broad SMARTS) is 1. The molecule has 21 heavy (non-hydrogen) atoms. The molecule has 0 aromatic heterocycles. The SMILES string of the molecule is CSCC[C@H](NC(=O)NCC(C)N1CCCCC1)C(=O)O. The van der Waals surface area contributed by atoms with Crippen LogP contribution in [0.1, 0.15) is 32.6 Å². The molecule has 1 heterocycles. The predicted octanol–water partition coefficient (Wildman–Crippen LogP) is 1.37. The Labute approximate surface area is 131 Å². The van der Waals surface area contributed by atoms with Crippen LogP contribution >= 0.6 is 11.8 Å². The van der Waals surface area contributed by atoms with Crippen LogP contribution in [-0.4, -0.2) is 65.7 Å². The third-order valence-electron chi connectivity index (χ3n) is 3.79. The van der Waals surface area contributed by atoms with E-state index in [4.69, 9.17) is 5.11 Å². The number of likely N-dealkylation sites (tertiary alicyclic amines) is 1. The van der Waals surface area contributed by atoms with Gasteiger partial charge >= 0.3 is 12.0 Å². The quantitative estimate of drug-likeness (QED) is 0.630. The van der Waals surface area contributed by atoms with Crippen molar-refractivity contribution in [2.24, 2.45) is 0 Å². The number of amides is 2. The molecule has 3 N–H and O–H groups in total. The van der Waals surface area contributed by atoms with E-state index in [1.54, 1.807) is 11.8 Å². The molecule has 1 unspecified atom stereocenters. The molecule has 2 amide bonds. The van der Waals surface area contributed by atoms with E-state index < -0.39 is 18.0 Å². The minimum Gasteiger partial charge on any atom is -0.480 e. The number of urea groups is 1. The zero-order chi connectivity index (χ0) is 15.7. The van der Waals surface area contributed by atoms with Gasteiger partial charge in [0, 0.05) is 12.6 Å². The van der Waals surface area contributed by atoms with Gasteiger partial charge in [0.1, 0.15) is 6.04 Å². The van der Waals surface area contributed by atoms with Crippen molar-refractivity contribution in [3.05, 3.63) is 0 Å². The molecule has 1 saturated heterocycles. The van der Waals surface area contributed by atoms with Gasteiger partial charge in [-0.1, -0.05) is 6.42 Å². The Balaban J connectivity index is 2.29. The molecule has 0 bridgehead atoms. The average Bonchev–Trinajstić information content (AvgIpc) is 2.49.